The van der Waals surface area contributed by atoms with Crippen LogP contribution in [0.3, 0.4) is 0 Å². The zero-order valence-electron chi connectivity index (χ0n) is 11.4. The molecule has 1 aromatic heterocycles. The number of pyridine rings is 1. The molecule has 0 atom stereocenters. The Morgan fingerprint density at radius 1 is 1.29 bits per heavy atom. The lowest BCUT2D eigenvalue weighted by Crippen LogP contribution is -2.13. The number of anilines is 2. The second kappa shape index (κ2) is 6.65. The predicted octanol–water partition coefficient (Wildman–Crippen LogP) is 3.69. The molecule has 1 heterocycles. The summed E-state index contributed by atoms with van der Waals surface area (Å²) in [6.07, 6.45) is 1.43. The van der Waals surface area contributed by atoms with Crippen molar-refractivity contribution in [1.29, 1.82) is 0 Å². The van der Waals surface area contributed by atoms with E-state index in [1.165, 1.54) is 19.4 Å². The van der Waals surface area contributed by atoms with Crippen LogP contribution in [-0.4, -0.2) is 25.0 Å². The van der Waals surface area contributed by atoms with Crippen molar-refractivity contribution < 1.29 is 9.53 Å². The number of ether oxygens (including phenoxy) is 1. The van der Waals surface area contributed by atoms with Gasteiger partial charge in [0.05, 0.1) is 23.4 Å². The summed E-state index contributed by atoms with van der Waals surface area (Å²) in [5, 5.41) is 6.40. The van der Waals surface area contributed by atoms with Gasteiger partial charge in [0, 0.05) is 18.3 Å². The fourth-order valence-corrected chi connectivity index (χ4v) is 2.15. The molecule has 0 saturated heterocycles. The topological polar surface area (TPSA) is 63.2 Å². The number of aromatic nitrogens is 1. The van der Waals surface area contributed by atoms with Crippen LogP contribution in [0.5, 0.6) is 5.75 Å². The highest BCUT2D eigenvalue weighted by Gasteiger charge is 2.12. The third-order valence-electron chi connectivity index (χ3n) is 2.75. The lowest BCUT2D eigenvalue weighted by atomic mass is 10.2. The highest BCUT2D eigenvalue weighted by Crippen LogP contribution is 2.28. The Labute approximate surface area is 132 Å². The zero-order chi connectivity index (χ0) is 15.4. The van der Waals surface area contributed by atoms with Gasteiger partial charge in [0.2, 0.25) is 0 Å². The van der Waals surface area contributed by atoms with E-state index in [0.29, 0.717) is 32.9 Å². The summed E-state index contributed by atoms with van der Waals surface area (Å²) in [5.41, 5.74) is 0.810. The molecule has 0 bridgehead atoms. The SMILES string of the molecule is CNc1ncc(C(=O)Nc2cc(Cl)ccc2OC)cc1Cl. The van der Waals surface area contributed by atoms with E-state index in [4.69, 9.17) is 27.9 Å². The van der Waals surface area contributed by atoms with Gasteiger partial charge in [-0.2, -0.15) is 0 Å². The van der Waals surface area contributed by atoms with Crippen molar-refractivity contribution in [2.24, 2.45) is 0 Å². The molecule has 2 aromatic rings. The first-order chi connectivity index (χ1) is 10.0. The van der Waals surface area contributed by atoms with Crippen LogP contribution >= 0.6 is 23.2 Å². The molecule has 2 rings (SSSR count). The maximum Gasteiger partial charge on any atom is 0.257 e. The Kier molecular flexibility index (Phi) is 4.88. The zero-order valence-corrected chi connectivity index (χ0v) is 12.9. The average Bonchev–Trinajstić information content (AvgIpc) is 2.47. The fourth-order valence-electron chi connectivity index (χ4n) is 1.72. The molecular weight excluding hydrogens is 313 g/mol. The Balaban J connectivity index is 2.26. The summed E-state index contributed by atoms with van der Waals surface area (Å²) >= 11 is 11.9. The van der Waals surface area contributed by atoms with Gasteiger partial charge in [0.15, 0.2) is 0 Å². The number of amides is 1. The lowest BCUT2D eigenvalue weighted by Gasteiger charge is -2.11. The molecule has 0 aliphatic heterocycles. The third kappa shape index (κ3) is 3.56. The van der Waals surface area contributed by atoms with Gasteiger partial charge in [-0.05, 0) is 24.3 Å². The summed E-state index contributed by atoms with van der Waals surface area (Å²) in [6.45, 7) is 0. The molecule has 0 unspecified atom stereocenters. The van der Waals surface area contributed by atoms with Crippen molar-refractivity contribution in [3.8, 4) is 5.75 Å². The summed E-state index contributed by atoms with van der Waals surface area (Å²) in [7, 11) is 3.21. The molecule has 0 fully saturated rings. The second-order valence-electron chi connectivity index (χ2n) is 4.10. The van der Waals surface area contributed by atoms with E-state index >= 15 is 0 Å². The van der Waals surface area contributed by atoms with E-state index in [0.717, 1.165) is 0 Å². The van der Waals surface area contributed by atoms with Crippen molar-refractivity contribution in [3.05, 3.63) is 46.1 Å². The minimum atomic E-state index is -0.354. The Bertz CT molecular complexity index is 677. The van der Waals surface area contributed by atoms with Gasteiger partial charge in [-0.1, -0.05) is 23.2 Å². The third-order valence-corrected chi connectivity index (χ3v) is 3.27. The number of rotatable bonds is 4. The lowest BCUT2D eigenvalue weighted by molar-refractivity contribution is 0.102. The Morgan fingerprint density at radius 3 is 2.67 bits per heavy atom. The van der Waals surface area contributed by atoms with Gasteiger partial charge in [0.1, 0.15) is 11.6 Å². The number of hydrogen-bond acceptors (Lipinski definition) is 4. The normalized spacial score (nSPS) is 10.1. The van der Waals surface area contributed by atoms with Crippen molar-refractivity contribution >= 4 is 40.6 Å². The highest BCUT2D eigenvalue weighted by molar-refractivity contribution is 6.33. The summed E-state index contributed by atoms with van der Waals surface area (Å²) in [6, 6.07) is 6.49. The van der Waals surface area contributed by atoms with Crippen molar-refractivity contribution in [2.75, 3.05) is 24.8 Å². The molecule has 0 aliphatic rings. The van der Waals surface area contributed by atoms with Crippen LogP contribution in [0.4, 0.5) is 11.5 Å². The Hall–Kier alpha value is -1.98. The summed E-state index contributed by atoms with van der Waals surface area (Å²) in [5.74, 6) is 0.667. The molecule has 0 radical (unpaired) electrons. The van der Waals surface area contributed by atoms with Crippen LogP contribution in [0.2, 0.25) is 10.0 Å². The molecule has 7 heteroatoms. The maximum atomic E-state index is 12.2. The first kappa shape index (κ1) is 15.4. The van der Waals surface area contributed by atoms with Crippen LogP contribution in [0.25, 0.3) is 0 Å². The summed E-state index contributed by atoms with van der Waals surface area (Å²) < 4.78 is 5.17. The van der Waals surface area contributed by atoms with Gasteiger partial charge >= 0.3 is 0 Å². The molecule has 21 heavy (non-hydrogen) atoms. The van der Waals surface area contributed by atoms with Gasteiger partial charge in [0.25, 0.3) is 5.91 Å². The molecule has 2 N–H and O–H groups in total. The smallest absolute Gasteiger partial charge is 0.257 e. The van der Waals surface area contributed by atoms with Gasteiger partial charge < -0.3 is 15.4 Å². The Morgan fingerprint density at radius 2 is 2.05 bits per heavy atom. The van der Waals surface area contributed by atoms with E-state index in [1.807, 2.05) is 0 Å². The van der Waals surface area contributed by atoms with Crippen molar-refractivity contribution in [2.45, 2.75) is 0 Å². The van der Waals surface area contributed by atoms with Crippen LogP contribution in [-0.2, 0) is 0 Å². The van der Waals surface area contributed by atoms with Crippen LogP contribution < -0.4 is 15.4 Å². The van der Waals surface area contributed by atoms with E-state index in [9.17, 15) is 4.79 Å². The molecule has 0 saturated carbocycles. The number of carbonyl (C=O) groups excluding carboxylic acids is 1. The number of halogens is 2. The molecule has 0 aliphatic carbocycles. The molecule has 5 nitrogen and oxygen atoms in total. The first-order valence-corrected chi connectivity index (χ1v) is 6.79. The quantitative estimate of drug-likeness (QED) is 0.899. The predicted molar refractivity (Wildman–Crippen MR) is 84.8 cm³/mol. The number of nitrogens with zero attached hydrogens (tertiary/aromatic N) is 1. The number of carbonyl (C=O) groups is 1. The van der Waals surface area contributed by atoms with E-state index < -0.39 is 0 Å². The summed E-state index contributed by atoms with van der Waals surface area (Å²) in [4.78, 5) is 16.3. The standard InChI is InChI=1S/C14H13Cl2N3O2/c1-17-13-10(16)5-8(7-18-13)14(20)19-11-6-9(15)3-4-12(11)21-2/h3-7H,1-2H3,(H,17,18)(H,19,20). The first-order valence-electron chi connectivity index (χ1n) is 6.03. The maximum absolute atomic E-state index is 12.2. The number of benzene rings is 1. The van der Waals surface area contributed by atoms with Crippen LogP contribution in [0.1, 0.15) is 10.4 Å². The van der Waals surface area contributed by atoms with Crippen molar-refractivity contribution in [1.82, 2.24) is 4.98 Å². The van der Waals surface area contributed by atoms with E-state index in [2.05, 4.69) is 15.6 Å². The highest BCUT2D eigenvalue weighted by atomic mass is 35.5. The molecule has 0 spiro atoms. The molecule has 110 valence electrons. The number of nitrogens with one attached hydrogen (secondary N) is 2. The average molecular weight is 326 g/mol. The monoisotopic (exact) mass is 325 g/mol. The largest absolute Gasteiger partial charge is 0.495 e. The van der Waals surface area contributed by atoms with Gasteiger partial charge in [-0.25, -0.2) is 4.98 Å². The minimum Gasteiger partial charge on any atom is -0.495 e. The van der Waals surface area contributed by atoms with Crippen molar-refractivity contribution in [3.63, 3.8) is 0 Å². The molecule has 1 amide bonds. The van der Waals surface area contributed by atoms with E-state index in [-0.39, 0.29) is 5.91 Å². The van der Waals surface area contributed by atoms with Crippen LogP contribution in [0.15, 0.2) is 30.5 Å². The minimum absolute atomic E-state index is 0.334. The molecular formula is C14H13Cl2N3O2. The number of methoxy groups -OCH3 is 1. The van der Waals surface area contributed by atoms with Gasteiger partial charge in [-0.3, -0.25) is 4.79 Å². The van der Waals surface area contributed by atoms with Gasteiger partial charge in [-0.15, -0.1) is 0 Å². The van der Waals surface area contributed by atoms with Crippen LogP contribution in [0, 0.1) is 0 Å². The second-order valence-corrected chi connectivity index (χ2v) is 4.95. The fraction of sp³-hybridized carbons (Fsp3) is 0.143. The molecule has 1 aromatic carbocycles. The number of hydrogen-bond donors (Lipinski definition) is 2. The van der Waals surface area contributed by atoms with E-state index in [1.54, 1.807) is 25.2 Å².